The molecule has 1 aromatic carbocycles. The quantitative estimate of drug-likeness (QED) is 0.633. The second-order valence-electron chi connectivity index (χ2n) is 7.24. The number of methoxy groups -OCH3 is 1. The Labute approximate surface area is 141 Å². The fourth-order valence-corrected chi connectivity index (χ4v) is 2.76. The second-order valence-corrected chi connectivity index (χ2v) is 12.0. The zero-order valence-electron chi connectivity index (χ0n) is 15.3. The first-order valence-corrected chi connectivity index (χ1v) is 10.9. The Hall–Kier alpha value is -1.17. The Morgan fingerprint density at radius 2 is 1.74 bits per heavy atom. The number of hydrogen-bond donors (Lipinski definition) is 0. The Morgan fingerprint density at radius 1 is 1.13 bits per heavy atom. The van der Waals surface area contributed by atoms with Gasteiger partial charge in [-0.2, -0.15) is 0 Å². The van der Waals surface area contributed by atoms with Crippen molar-refractivity contribution in [1.82, 2.24) is 0 Å². The molecule has 0 aliphatic rings. The zero-order chi connectivity index (χ0) is 17.5. The molecule has 0 aliphatic carbocycles. The van der Waals surface area contributed by atoms with Crippen LogP contribution in [0.1, 0.15) is 32.8 Å². The molecule has 130 valence electrons. The Kier molecular flexibility index (Phi) is 7.44. The van der Waals surface area contributed by atoms with Crippen LogP contribution < -0.4 is 4.74 Å². The second kappa shape index (κ2) is 8.62. The lowest BCUT2D eigenvalue weighted by Gasteiger charge is -2.36. The van der Waals surface area contributed by atoms with E-state index in [4.69, 9.17) is 13.9 Å². The number of benzene rings is 1. The van der Waals surface area contributed by atoms with Crippen LogP contribution in [0.5, 0.6) is 5.75 Å². The van der Waals surface area contributed by atoms with Gasteiger partial charge in [-0.3, -0.25) is 4.79 Å². The standard InChI is InChI=1S/C18H30O4Si/c1-18(2,3)23(5,6)22-12-11-16(19)14-21-13-15-7-9-17(20-4)10-8-15/h7-10H,11-14H2,1-6H3. The first-order chi connectivity index (χ1) is 10.7. The molecule has 0 fully saturated rings. The van der Waals surface area contributed by atoms with Crippen LogP contribution in [0.4, 0.5) is 0 Å². The van der Waals surface area contributed by atoms with Gasteiger partial charge in [0, 0.05) is 13.0 Å². The Morgan fingerprint density at radius 3 is 2.26 bits per heavy atom. The van der Waals surface area contributed by atoms with Gasteiger partial charge in [0.05, 0.1) is 13.7 Å². The van der Waals surface area contributed by atoms with E-state index in [1.54, 1.807) is 7.11 Å². The fraction of sp³-hybridized carbons (Fsp3) is 0.611. The van der Waals surface area contributed by atoms with Crippen LogP contribution in [0.25, 0.3) is 0 Å². The van der Waals surface area contributed by atoms with Crippen molar-refractivity contribution in [2.24, 2.45) is 0 Å². The largest absolute Gasteiger partial charge is 0.497 e. The molecule has 0 saturated carbocycles. The van der Waals surface area contributed by atoms with E-state index in [0.717, 1.165) is 11.3 Å². The minimum atomic E-state index is -1.77. The minimum absolute atomic E-state index is 0.0808. The van der Waals surface area contributed by atoms with Crippen LogP contribution in [0.15, 0.2) is 24.3 Å². The highest BCUT2D eigenvalue weighted by Crippen LogP contribution is 2.36. The van der Waals surface area contributed by atoms with Crippen molar-refractivity contribution in [2.45, 2.75) is 51.9 Å². The minimum Gasteiger partial charge on any atom is -0.497 e. The SMILES string of the molecule is COc1ccc(COCC(=O)CCO[Si](C)(C)C(C)(C)C)cc1. The van der Waals surface area contributed by atoms with Gasteiger partial charge in [0.2, 0.25) is 0 Å². The predicted octanol–water partition coefficient (Wildman–Crippen LogP) is 4.19. The molecule has 0 bridgehead atoms. The topological polar surface area (TPSA) is 44.8 Å². The van der Waals surface area contributed by atoms with E-state index in [9.17, 15) is 4.79 Å². The molecule has 0 N–H and O–H groups in total. The van der Waals surface area contributed by atoms with E-state index < -0.39 is 8.32 Å². The predicted molar refractivity (Wildman–Crippen MR) is 95.4 cm³/mol. The lowest BCUT2D eigenvalue weighted by molar-refractivity contribution is -0.124. The molecule has 5 heteroatoms. The molecule has 1 aromatic rings. The van der Waals surface area contributed by atoms with Crippen LogP contribution in [0.2, 0.25) is 18.1 Å². The third-order valence-electron chi connectivity index (χ3n) is 4.34. The average molecular weight is 339 g/mol. The van der Waals surface area contributed by atoms with Gasteiger partial charge < -0.3 is 13.9 Å². The van der Waals surface area contributed by atoms with Crippen molar-refractivity contribution < 1.29 is 18.7 Å². The molecular formula is C18H30O4Si. The van der Waals surface area contributed by atoms with Gasteiger partial charge in [-0.1, -0.05) is 32.9 Å². The highest BCUT2D eigenvalue weighted by Gasteiger charge is 2.36. The van der Waals surface area contributed by atoms with Gasteiger partial charge >= 0.3 is 0 Å². The molecule has 0 heterocycles. The highest BCUT2D eigenvalue weighted by atomic mass is 28.4. The van der Waals surface area contributed by atoms with E-state index >= 15 is 0 Å². The van der Waals surface area contributed by atoms with Crippen molar-refractivity contribution in [1.29, 1.82) is 0 Å². The molecule has 0 spiro atoms. The van der Waals surface area contributed by atoms with Crippen LogP contribution in [-0.4, -0.2) is 34.4 Å². The van der Waals surface area contributed by atoms with Crippen molar-refractivity contribution in [3.05, 3.63) is 29.8 Å². The molecule has 0 amide bonds. The van der Waals surface area contributed by atoms with Gasteiger partial charge in [-0.25, -0.2) is 0 Å². The first-order valence-electron chi connectivity index (χ1n) is 8.02. The summed E-state index contributed by atoms with van der Waals surface area (Å²) in [6, 6.07) is 7.63. The maximum atomic E-state index is 11.9. The average Bonchev–Trinajstić information content (AvgIpc) is 2.46. The van der Waals surface area contributed by atoms with Gasteiger partial charge in [-0.05, 0) is 35.8 Å². The fourth-order valence-electron chi connectivity index (χ4n) is 1.71. The molecule has 4 nitrogen and oxygen atoms in total. The van der Waals surface area contributed by atoms with Gasteiger partial charge in [0.1, 0.15) is 12.4 Å². The van der Waals surface area contributed by atoms with Crippen LogP contribution >= 0.6 is 0 Å². The lowest BCUT2D eigenvalue weighted by Crippen LogP contribution is -2.41. The third-order valence-corrected chi connectivity index (χ3v) is 8.88. The van der Waals surface area contributed by atoms with Gasteiger partial charge in [0.15, 0.2) is 14.1 Å². The van der Waals surface area contributed by atoms with E-state index in [0.29, 0.717) is 19.6 Å². The maximum absolute atomic E-state index is 11.9. The Balaban J connectivity index is 2.24. The van der Waals surface area contributed by atoms with E-state index in [-0.39, 0.29) is 17.4 Å². The number of carbonyl (C=O) groups is 1. The molecule has 0 unspecified atom stereocenters. The molecule has 0 saturated heterocycles. The third kappa shape index (κ3) is 6.85. The normalized spacial score (nSPS) is 12.3. The van der Waals surface area contributed by atoms with Crippen LogP contribution in [-0.2, 0) is 20.6 Å². The number of carbonyl (C=O) groups excluding carboxylic acids is 1. The number of ether oxygens (including phenoxy) is 2. The van der Waals surface area contributed by atoms with Gasteiger partial charge in [-0.15, -0.1) is 0 Å². The van der Waals surface area contributed by atoms with Crippen molar-refractivity contribution in [2.75, 3.05) is 20.3 Å². The van der Waals surface area contributed by atoms with Gasteiger partial charge in [0.25, 0.3) is 0 Å². The highest BCUT2D eigenvalue weighted by molar-refractivity contribution is 6.74. The summed E-state index contributed by atoms with van der Waals surface area (Å²) in [5, 5.41) is 0.168. The molecule has 0 aliphatic heterocycles. The lowest BCUT2D eigenvalue weighted by atomic mass is 10.2. The molecule has 23 heavy (non-hydrogen) atoms. The number of hydrogen-bond acceptors (Lipinski definition) is 4. The molecule has 0 aromatic heterocycles. The summed E-state index contributed by atoms with van der Waals surface area (Å²) < 4.78 is 16.6. The maximum Gasteiger partial charge on any atom is 0.191 e. The van der Waals surface area contributed by atoms with Crippen molar-refractivity contribution in [3.63, 3.8) is 0 Å². The smallest absolute Gasteiger partial charge is 0.191 e. The molecular weight excluding hydrogens is 308 g/mol. The van der Waals surface area contributed by atoms with Crippen LogP contribution in [0, 0.1) is 0 Å². The first kappa shape index (κ1) is 19.9. The summed E-state index contributed by atoms with van der Waals surface area (Å²) in [6.07, 6.45) is 0.412. The molecule has 1 rings (SSSR count). The summed E-state index contributed by atoms with van der Waals surface area (Å²) in [4.78, 5) is 11.9. The summed E-state index contributed by atoms with van der Waals surface area (Å²) in [6.45, 7) is 12.0. The van der Waals surface area contributed by atoms with E-state index in [2.05, 4.69) is 33.9 Å². The summed E-state index contributed by atoms with van der Waals surface area (Å²) >= 11 is 0. The molecule has 0 atom stereocenters. The number of ketones is 1. The van der Waals surface area contributed by atoms with Crippen LogP contribution in [0.3, 0.4) is 0 Å². The van der Waals surface area contributed by atoms with Crippen molar-refractivity contribution >= 4 is 14.1 Å². The summed E-state index contributed by atoms with van der Waals surface area (Å²) in [5.41, 5.74) is 1.02. The van der Waals surface area contributed by atoms with Crippen molar-refractivity contribution in [3.8, 4) is 5.75 Å². The summed E-state index contributed by atoms with van der Waals surface area (Å²) in [7, 11) is -0.135. The van der Waals surface area contributed by atoms with E-state index in [1.165, 1.54) is 0 Å². The number of Topliss-reactive ketones (excluding diaryl/α,β-unsaturated/α-hetero) is 1. The summed E-state index contributed by atoms with van der Waals surface area (Å²) in [5.74, 6) is 0.893. The van der Waals surface area contributed by atoms with E-state index in [1.807, 2.05) is 24.3 Å². The number of rotatable bonds is 9. The zero-order valence-corrected chi connectivity index (χ0v) is 16.3. The monoisotopic (exact) mass is 338 g/mol. The molecule has 0 radical (unpaired) electrons. The Bertz CT molecular complexity index is 489.